The largest absolute Gasteiger partial charge is 0.462 e. The van der Waals surface area contributed by atoms with Gasteiger partial charge in [-0.15, -0.1) is 0 Å². The summed E-state index contributed by atoms with van der Waals surface area (Å²) < 4.78 is 5.46. The van der Waals surface area contributed by atoms with E-state index in [9.17, 15) is 14.7 Å². The van der Waals surface area contributed by atoms with Gasteiger partial charge in [0.15, 0.2) is 0 Å². The summed E-state index contributed by atoms with van der Waals surface area (Å²) in [5.74, 6) is 0.959. The lowest BCUT2D eigenvalue weighted by atomic mass is 10.0. The second-order valence-corrected chi connectivity index (χ2v) is 15.8. The molecule has 4 nitrogen and oxygen atoms in total. The fourth-order valence-corrected chi connectivity index (χ4v) is 5.79. The highest BCUT2D eigenvalue weighted by molar-refractivity contribution is 7.82. The summed E-state index contributed by atoms with van der Waals surface area (Å²) in [6.45, 7) is 10.5. The summed E-state index contributed by atoms with van der Waals surface area (Å²) >= 11 is 4.37. The summed E-state index contributed by atoms with van der Waals surface area (Å²) in [5, 5.41) is 10.1. The van der Waals surface area contributed by atoms with Crippen molar-refractivity contribution in [3.8, 4) is 0 Å². The molecule has 0 aromatic rings. The van der Waals surface area contributed by atoms with Gasteiger partial charge in [0.05, 0.1) is 10.9 Å². The van der Waals surface area contributed by atoms with Crippen molar-refractivity contribution in [1.82, 2.24) is 0 Å². The van der Waals surface area contributed by atoms with Crippen LogP contribution in [0.1, 0.15) is 202 Å². The van der Waals surface area contributed by atoms with Gasteiger partial charge in [-0.05, 0) is 84.0 Å². The average Bonchev–Trinajstić information content (AvgIpc) is 3.00. The Morgan fingerprint density at radius 3 is 1.76 bits per heavy atom. The number of ether oxygens (including phenoxy) is 1. The minimum Gasteiger partial charge on any atom is -0.462 e. The molecule has 0 amide bonds. The minimum absolute atomic E-state index is 0.00179. The molecule has 0 radical (unpaired) electrons. The summed E-state index contributed by atoms with van der Waals surface area (Å²) in [6, 6.07) is 0. The molecule has 270 valence electrons. The third-order valence-electron chi connectivity index (χ3n) is 8.85. The highest BCUT2D eigenvalue weighted by atomic mass is 32.1. The number of allylic oxidation sites excluding steroid dienone is 2. The first-order valence-corrected chi connectivity index (χ1v) is 19.9. The number of carbonyl (C=O) groups excluding carboxylic acids is 2. The molecule has 0 aliphatic rings. The number of hydrogen-bond acceptors (Lipinski definition) is 5. The summed E-state index contributed by atoms with van der Waals surface area (Å²) in [5.41, 5.74) is 0. The van der Waals surface area contributed by atoms with E-state index in [-0.39, 0.29) is 24.0 Å². The van der Waals surface area contributed by atoms with Crippen LogP contribution in [0.2, 0.25) is 0 Å². The first-order valence-electron chi connectivity index (χ1n) is 19.5. The minimum atomic E-state index is -0.511. The first kappa shape index (κ1) is 44.9. The normalized spacial score (nSPS) is 13.7. The highest BCUT2D eigenvalue weighted by Gasteiger charge is 2.21. The van der Waals surface area contributed by atoms with Crippen molar-refractivity contribution in [3.63, 3.8) is 0 Å². The van der Waals surface area contributed by atoms with Crippen LogP contribution < -0.4 is 0 Å². The molecule has 0 aromatic carbocycles. The zero-order chi connectivity index (χ0) is 34.3. The quantitative estimate of drug-likeness (QED) is 0.0317. The second-order valence-electron chi connectivity index (χ2n) is 14.7. The van der Waals surface area contributed by atoms with Gasteiger partial charge in [-0.25, -0.2) is 0 Å². The third-order valence-corrected chi connectivity index (χ3v) is 9.10. The Hall–Kier alpha value is -1.07. The Balaban J connectivity index is 4.14. The van der Waals surface area contributed by atoms with Gasteiger partial charge in [0, 0.05) is 19.3 Å². The van der Waals surface area contributed by atoms with Gasteiger partial charge in [0.1, 0.15) is 11.9 Å². The summed E-state index contributed by atoms with van der Waals surface area (Å²) in [4.78, 5) is 24.6. The van der Waals surface area contributed by atoms with Crippen molar-refractivity contribution in [2.24, 2.45) is 5.92 Å². The average molecular weight is 665 g/mol. The van der Waals surface area contributed by atoms with Gasteiger partial charge in [0.25, 0.3) is 0 Å². The third kappa shape index (κ3) is 31.5. The lowest BCUT2D eigenvalue weighted by Gasteiger charge is -2.17. The van der Waals surface area contributed by atoms with Gasteiger partial charge < -0.3 is 9.84 Å². The van der Waals surface area contributed by atoms with Crippen LogP contribution in [0.25, 0.3) is 0 Å². The zero-order valence-electron chi connectivity index (χ0n) is 31.0. The fraction of sp³-hybridized carbons (Fsp3) is 0.854. The molecular formula is C41H76O4S. The molecule has 0 aliphatic heterocycles. The zero-order valence-corrected chi connectivity index (χ0v) is 31.9. The van der Waals surface area contributed by atoms with Gasteiger partial charge in [-0.3, -0.25) is 9.59 Å². The van der Waals surface area contributed by atoms with Crippen LogP contribution in [0, 0.1) is 5.92 Å². The lowest BCUT2D eigenvalue weighted by Crippen LogP contribution is -2.24. The number of thiol groups is 1. The van der Waals surface area contributed by atoms with E-state index < -0.39 is 4.75 Å². The SMILES string of the molecule is CCCCCCC(O)C/C=C/CCCCCCCC(=O)OC(C/C=C/CCCCCCCC(=O)C(C)(C)S)CCCCCC(C)C. The molecule has 46 heavy (non-hydrogen) atoms. The number of aliphatic hydroxyl groups excluding tert-OH is 1. The fourth-order valence-electron chi connectivity index (χ4n) is 5.68. The number of esters is 1. The molecule has 2 unspecified atom stereocenters. The second kappa shape index (κ2) is 31.2. The molecule has 0 saturated heterocycles. The monoisotopic (exact) mass is 665 g/mol. The molecule has 0 aromatic heterocycles. The topological polar surface area (TPSA) is 63.6 Å². The van der Waals surface area contributed by atoms with E-state index in [2.05, 4.69) is 57.7 Å². The van der Waals surface area contributed by atoms with Crippen molar-refractivity contribution in [1.29, 1.82) is 0 Å². The number of Topliss-reactive ketones (excluding diaryl/α,β-unsaturated/α-hetero) is 1. The van der Waals surface area contributed by atoms with Crippen LogP contribution in [0.5, 0.6) is 0 Å². The van der Waals surface area contributed by atoms with Crippen LogP contribution in [0.3, 0.4) is 0 Å². The molecular weight excluding hydrogens is 589 g/mol. The standard InChI is InChI=1S/C41H76O4S/c1-6-7-8-23-30-37(42)31-24-17-13-9-12-16-20-28-35-40(44)45-38(33-26-21-22-29-36(2)3)32-25-18-14-10-11-15-19-27-34-39(43)41(4,5)46/h17-18,24-25,36-38,42,46H,6-16,19-23,26-35H2,1-5H3/b24-17+,25-18+. The smallest absolute Gasteiger partial charge is 0.306 e. The van der Waals surface area contributed by atoms with E-state index in [4.69, 9.17) is 4.74 Å². The summed E-state index contributed by atoms with van der Waals surface area (Å²) in [7, 11) is 0. The van der Waals surface area contributed by atoms with Crippen molar-refractivity contribution >= 4 is 24.4 Å². The molecule has 0 heterocycles. The number of rotatable bonds is 33. The predicted octanol–water partition coefficient (Wildman–Crippen LogP) is 12.5. The van der Waals surface area contributed by atoms with Gasteiger partial charge in [-0.1, -0.05) is 129 Å². The number of unbranched alkanes of at least 4 members (excludes halogenated alkanes) is 15. The Bertz CT molecular complexity index is 767. The molecule has 2 atom stereocenters. The van der Waals surface area contributed by atoms with E-state index in [1.54, 1.807) is 0 Å². The number of carbonyl (C=O) groups is 2. The Morgan fingerprint density at radius 2 is 1.15 bits per heavy atom. The van der Waals surface area contributed by atoms with Crippen LogP contribution in [0.15, 0.2) is 24.3 Å². The Morgan fingerprint density at radius 1 is 0.652 bits per heavy atom. The van der Waals surface area contributed by atoms with Crippen LogP contribution in [-0.4, -0.2) is 33.8 Å². The Kier molecular flexibility index (Phi) is 30.5. The first-order chi connectivity index (χ1) is 22.1. The van der Waals surface area contributed by atoms with E-state index in [1.165, 1.54) is 70.6 Å². The number of hydrogen-bond donors (Lipinski definition) is 2. The predicted molar refractivity (Wildman–Crippen MR) is 203 cm³/mol. The summed E-state index contributed by atoms with van der Waals surface area (Å²) in [6.07, 6.45) is 36.3. The van der Waals surface area contributed by atoms with Crippen molar-refractivity contribution in [3.05, 3.63) is 24.3 Å². The lowest BCUT2D eigenvalue weighted by molar-refractivity contribution is -0.149. The maximum atomic E-state index is 12.6. The van der Waals surface area contributed by atoms with Gasteiger partial charge >= 0.3 is 5.97 Å². The molecule has 5 heteroatoms. The molecule has 0 aliphatic carbocycles. The van der Waals surface area contributed by atoms with E-state index >= 15 is 0 Å². The van der Waals surface area contributed by atoms with Crippen molar-refractivity contribution in [2.45, 2.75) is 219 Å². The van der Waals surface area contributed by atoms with Gasteiger partial charge in [0.2, 0.25) is 0 Å². The molecule has 0 fully saturated rings. The van der Waals surface area contributed by atoms with Crippen LogP contribution >= 0.6 is 12.6 Å². The van der Waals surface area contributed by atoms with Crippen LogP contribution in [-0.2, 0) is 14.3 Å². The van der Waals surface area contributed by atoms with Crippen LogP contribution in [0.4, 0.5) is 0 Å². The number of aliphatic hydroxyl groups is 1. The number of ketones is 1. The molecule has 0 saturated carbocycles. The van der Waals surface area contributed by atoms with Gasteiger partial charge in [-0.2, -0.15) is 12.6 Å². The molecule has 1 N–H and O–H groups in total. The van der Waals surface area contributed by atoms with E-state index in [0.29, 0.717) is 12.8 Å². The maximum Gasteiger partial charge on any atom is 0.306 e. The maximum absolute atomic E-state index is 12.6. The Labute approximate surface area is 291 Å². The van der Waals surface area contributed by atoms with E-state index in [1.807, 2.05) is 13.8 Å². The van der Waals surface area contributed by atoms with E-state index in [0.717, 1.165) is 89.4 Å². The molecule has 0 spiro atoms. The van der Waals surface area contributed by atoms with Crippen molar-refractivity contribution in [2.75, 3.05) is 0 Å². The molecule has 0 bridgehead atoms. The molecule has 0 rings (SSSR count). The van der Waals surface area contributed by atoms with Crippen molar-refractivity contribution < 1.29 is 19.4 Å². The highest BCUT2D eigenvalue weighted by Crippen LogP contribution is 2.19.